The first-order valence-corrected chi connectivity index (χ1v) is 9.14. The van der Waals surface area contributed by atoms with Crippen molar-refractivity contribution in [3.63, 3.8) is 0 Å². The highest BCUT2D eigenvalue weighted by molar-refractivity contribution is 5.93. The zero-order valence-corrected chi connectivity index (χ0v) is 16.4. The van der Waals surface area contributed by atoms with Crippen LogP contribution in [0.4, 0.5) is 11.4 Å². The molecule has 0 aliphatic rings. The van der Waals surface area contributed by atoms with Crippen LogP contribution in [0.15, 0.2) is 61.2 Å². The Morgan fingerprint density at radius 2 is 1.86 bits per heavy atom. The second kappa shape index (κ2) is 10.8. The Bertz CT molecular complexity index is 801. The lowest BCUT2D eigenvalue weighted by atomic mass is 10.1. The van der Waals surface area contributed by atoms with E-state index in [1.807, 2.05) is 42.5 Å². The monoisotopic (exact) mass is 381 g/mol. The Kier molecular flexibility index (Phi) is 8.09. The molecular weight excluding hydrogens is 354 g/mol. The first-order valence-electron chi connectivity index (χ1n) is 9.14. The van der Waals surface area contributed by atoms with Crippen LogP contribution in [0.1, 0.15) is 12.0 Å². The van der Waals surface area contributed by atoms with Crippen molar-refractivity contribution in [1.29, 1.82) is 0 Å². The summed E-state index contributed by atoms with van der Waals surface area (Å²) in [7, 11) is 3.51. The van der Waals surface area contributed by atoms with E-state index in [4.69, 9.17) is 4.74 Å². The van der Waals surface area contributed by atoms with Crippen molar-refractivity contribution in [1.82, 2.24) is 4.90 Å². The number of carbonyl (C=O) groups is 2. The predicted octanol–water partition coefficient (Wildman–Crippen LogP) is 3.32. The molecule has 0 saturated heterocycles. The van der Waals surface area contributed by atoms with E-state index in [0.717, 1.165) is 11.3 Å². The van der Waals surface area contributed by atoms with Crippen LogP contribution in [-0.4, -0.2) is 44.0 Å². The molecule has 2 aromatic rings. The Hall–Kier alpha value is -3.28. The Morgan fingerprint density at radius 3 is 2.54 bits per heavy atom. The van der Waals surface area contributed by atoms with E-state index in [9.17, 15) is 9.59 Å². The standard InChI is InChI=1S/C22H27N3O3/c1-4-14-28-20-7-5-6-19(15-20)24-21(26)16-23-18-11-8-17(9-12-18)10-13-22(27)25(2)3/h4-9,11-12,15,23H,1,10,13-14,16H2,2-3H3,(H,24,26). The molecular formula is C22H27N3O3. The van der Waals surface area contributed by atoms with Gasteiger partial charge in [0.2, 0.25) is 11.8 Å². The van der Waals surface area contributed by atoms with Crippen LogP contribution in [-0.2, 0) is 16.0 Å². The Labute approximate surface area is 166 Å². The molecule has 2 rings (SSSR count). The van der Waals surface area contributed by atoms with Crippen LogP contribution >= 0.6 is 0 Å². The molecule has 0 heterocycles. The van der Waals surface area contributed by atoms with Gasteiger partial charge in [0.25, 0.3) is 0 Å². The minimum atomic E-state index is -0.151. The van der Waals surface area contributed by atoms with Crippen molar-refractivity contribution >= 4 is 23.2 Å². The van der Waals surface area contributed by atoms with Crippen molar-refractivity contribution in [2.45, 2.75) is 12.8 Å². The summed E-state index contributed by atoms with van der Waals surface area (Å²) in [4.78, 5) is 25.4. The minimum absolute atomic E-state index is 0.109. The van der Waals surface area contributed by atoms with Crippen LogP contribution in [0.5, 0.6) is 5.75 Å². The maximum atomic E-state index is 12.1. The van der Waals surface area contributed by atoms with E-state index in [2.05, 4.69) is 17.2 Å². The summed E-state index contributed by atoms with van der Waals surface area (Å²) in [6.45, 7) is 4.17. The van der Waals surface area contributed by atoms with Crippen LogP contribution < -0.4 is 15.4 Å². The van der Waals surface area contributed by atoms with Gasteiger partial charge in [-0.2, -0.15) is 0 Å². The molecule has 0 spiro atoms. The summed E-state index contributed by atoms with van der Waals surface area (Å²) in [5.41, 5.74) is 2.61. The topological polar surface area (TPSA) is 70.7 Å². The molecule has 0 radical (unpaired) electrons. The van der Waals surface area contributed by atoms with Crippen molar-refractivity contribution in [3.8, 4) is 5.75 Å². The highest BCUT2D eigenvalue weighted by Crippen LogP contribution is 2.17. The van der Waals surface area contributed by atoms with Gasteiger partial charge in [0, 0.05) is 38.0 Å². The van der Waals surface area contributed by atoms with E-state index < -0.39 is 0 Å². The molecule has 0 unspecified atom stereocenters. The first kappa shape index (κ1) is 21.0. The average Bonchev–Trinajstić information content (AvgIpc) is 2.70. The fraction of sp³-hybridized carbons (Fsp3) is 0.273. The highest BCUT2D eigenvalue weighted by atomic mass is 16.5. The molecule has 0 bridgehead atoms. The smallest absolute Gasteiger partial charge is 0.243 e. The summed E-state index contributed by atoms with van der Waals surface area (Å²) in [6.07, 6.45) is 2.85. The Morgan fingerprint density at radius 1 is 1.11 bits per heavy atom. The molecule has 6 heteroatoms. The van der Waals surface area contributed by atoms with E-state index in [1.54, 1.807) is 31.1 Å². The third-order valence-electron chi connectivity index (χ3n) is 4.02. The summed E-state index contributed by atoms with van der Waals surface area (Å²) in [6, 6.07) is 15.0. The number of carbonyl (C=O) groups excluding carboxylic acids is 2. The molecule has 2 aromatic carbocycles. The normalized spacial score (nSPS) is 10.1. The van der Waals surface area contributed by atoms with Crippen molar-refractivity contribution in [2.75, 3.05) is 37.9 Å². The van der Waals surface area contributed by atoms with Gasteiger partial charge >= 0.3 is 0 Å². The summed E-state index contributed by atoms with van der Waals surface area (Å²) in [5.74, 6) is 0.633. The number of aryl methyl sites for hydroxylation is 1. The maximum Gasteiger partial charge on any atom is 0.243 e. The molecule has 2 N–H and O–H groups in total. The van der Waals surface area contributed by atoms with Crippen LogP contribution in [0.3, 0.4) is 0 Å². The molecule has 0 aliphatic heterocycles. The number of hydrogen-bond donors (Lipinski definition) is 2. The predicted molar refractivity (Wildman–Crippen MR) is 113 cm³/mol. The molecule has 0 saturated carbocycles. The second-order valence-electron chi connectivity index (χ2n) is 6.51. The van der Waals surface area contributed by atoms with Gasteiger partial charge in [0.05, 0.1) is 6.54 Å². The zero-order chi connectivity index (χ0) is 20.4. The zero-order valence-electron chi connectivity index (χ0n) is 16.4. The lowest BCUT2D eigenvalue weighted by molar-refractivity contribution is -0.128. The lowest BCUT2D eigenvalue weighted by Gasteiger charge is -2.11. The molecule has 0 aromatic heterocycles. The van der Waals surface area contributed by atoms with Crippen molar-refractivity contribution < 1.29 is 14.3 Å². The second-order valence-corrected chi connectivity index (χ2v) is 6.51. The molecule has 6 nitrogen and oxygen atoms in total. The van der Waals surface area contributed by atoms with Crippen molar-refractivity contribution in [3.05, 3.63) is 66.7 Å². The summed E-state index contributed by atoms with van der Waals surface area (Å²) >= 11 is 0. The molecule has 2 amide bonds. The maximum absolute atomic E-state index is 12.1. The van der Waals surface area contributed by atoms with Crippen LogP contribution in [0.25, 0.3) is 0 Å². The molecule has 28 heavy (non-hydrogen) atoms. The van der Waals surface area contributed by atoms with Gasteiger partial charge in [0.15, 0.2) is 0 Å². The van der Waals surface area contributed by atoms with Gasteiger partial charge in [-0.05, 0) is 36.2 Å². The van der Waals surface area contributed by atoms with Gasteiger partial charge in [0.1, 0.15) is 12.4 Å². The number of nitrogens with one attached hydrogen (secondary N) is 2. The Balaban J connectivity index is 1.79. The van der Waals surface area contributed by atoms with E-state index in [0.29, 0.717) is 30.9 Å². The number of rotatable bonds is 10. The fourth-order valence-electron chi connectivity index (χ4n) is 2.47. The SMILES string of the molecule is C=CCOc1cccc(NC(=O)CNc2ccc(CCC(=O)N(C)C)cc2)c1. The molecule has 0 aliphatic carbocycles. The van der Waals surface area contributed by atoms with Gasteiger partial charge < -0.3 is 20.3 Å². The van der Waals surface area contributed by atoms with Crippen LogP contribution in [0, 0.1) is 0 Å². The van der Waals surface area contributed by atoms with Gasteiger partial charge in [-0.25, -0.2) is 0 Å². The van der Waals surface area contributed by atoms with Crippen molar-refractivity contribution in [2.24, 2.45) is 0 Å². The quantitative estimate of drug-likeness (QED) is 0.620. The fourth-order valence-corrected chi connectivity index (χ4v) is 2.47. The lowest BCUT2D eigenvalue weighted by Crippen LogP contribution is -2.22. The minimum Gasteiger partial charge on any atom is -0.489 e. The number of nitrogens with zero attached hydrogens (tertiary/aromatic N) is 1. The molecule has 0 atom stereocenters. The first-order chi connectivity index (χ1) is 13.5. The number of benzene rings is 2. The number of hydrogen-bond acceptors (Lipinski definition) is 4. The number of amides is 2. The highest BCUT2D eigenvalue weighted by Gasteiger charge is 2.06. The van der Waals surface area contributed by atoms with Gasteiger partial charge in [-0.1, -0.05) is 30.9 Å². The molecule has 0 fully saturated rings. The third-order valence-corrected chi connectivity index (χ3v) is 4.02. The largest absolute Gasteiger partial charge is 0.489 e. The third kappa shape index (κ3) is 7.15. The van der Waals surface area contributed by atoms with E-state index in [-0.39, 0.29) is 18.4 Å². The van der Waals surface area contributed by atoms with Gasteiger partial charge in [-0.3, -0.25) is 9.59 Å². The number of anilines is 2. The summed E-state index contributed by atoms with van der Waals surface area (Å²) in [5, 5.41) is 5.93. The average molecular weight is 381 g/mol. The van der Waals surface area contributed by atoms with Crippen LogP contribution in [0.2, 0.25) is 0 Å². The number of ether oxygens (including phenoxy) is 1. The van der Waals surface area contributed by atoms with E-state index in [1.165, 1.54) is 0 Å². The molecule has 148 valence electrons. The van der Waals surface area contributed by atoms with E-state index >= 15 is 0 Å². The summed E-state index contributed by atoms with van der Waals surface area (Å²) < 4.78 is 5.46. The van der Waals surface area contributed by atoms with Gasteiger partial charge in [-0.15, -0.1) is 0 Å².